The third kappa shape index (κ3) is 6.03. The normalized spacial score (nSPS) is 11.5. The van der Waals surface area contributed by atoms with Crippen LogP contribution >= 0.6 is 0 Å². The first-order valence-electron chi connectivity index (χ1n) is 10.9. The zero-order chi connectivity index (χ0) is 24.0. The molecular formula is C25H30N2O5S. The van der Waals surface area contributed by atoms with Crippen molar-refractivity contribution in [2.45, 2.75) is 45.7 Å². The molecule has 0 aliphatic carbocycles. The van der Waals surface area contributed by atoms with Gasteiger partial charge in [-0.3, -0.25) is 4.79 Å². The van der Waals surface area contributed by atoms with Crippen molar-refractivity contribution in [3.05, 3.63) is 82.8 Å². The summed E-state index contributed by atoms with van der Waals surface area (Å²) in [6.45, 7) is 8.92. The van der Waals surface area contributed by atoms with Gasteiger partial charge in [0.2, 0.25) is 10.0 Å². The Hall–Kier alpha value is -3.10. The molecule has 1 heterocycles. The Kier molecular flexibility index (Phi) is 7.94. The number of ether oxygens (including phenoxy) is 1. The van der Waals surface area contributed by atoms with Crippen molar-refractivity contribution >= 4 is 15.9 Å². The molecule has 7 nitrogen and oxygen atoms in total. The molecule has 0 saturated heterocycles. The lowest BCUT2D eigenvalue weighted by atomic mass is 10.1. The lowest BCUT2D eigenvalue weighted by molar-refractivity contribution is 0.0919. The van der Waals surface area contributed by atoms with E-state index in [9.17, 15) is 13.2 Å². The smallest absolute Gasteiger partial charge is 0.287 e. The molecule has 1 aromatic heterocycles. The maximum absolute atomic E-state index is 12.6. The van der Waals surface area contributed by atoms with Crippen molar-refractivity contribution in [1.82, 2.24) is 9.62 Å². The predicted octanol–water partition coefficient (Wildman–Crippen LogP) is 4.44. The largest absolute Gasteiger partial charge is 0.485 e. The Balaban J connectivity index is 1.55. The summed E-state index contributed by atoms with van der Waals surface area (Å²) in [7, 11) is -3.50. The van der Waals surface area contributed by atoms with Gasteiger partial charge in [-0.05, 0) is 55.3 Å². The van der Waals surface area contributed by atoms with Gasteiger partial charge in [-0.1, -0.05) is 43.7 Å². The highest BCUT2D eigenvalue weighted by Gasteiger charge is 2.21. The van der Waals surface area contributed by atoms with E-state index in [1.165, 1.54) is 4.31 Å². The van der Waals surface area contributed by atoms with E-state index in [2.05, 4.69) is 5.32 Å². The van der Waals surface area contributed by atoms with Crippen LogP contribution in [0, 0.1) is 13.8 Å². The summed E-state index contributed by atoms with van der Waals surface area (Å²) in [5.41, 5.74) is 2.99. The summed E-state index contributed by atoms with van der Waals surface area (Å²) in [4.78, 5) is 12.7. The molecule has 1 N–H and O–H groups in total. The van der Waals surface area contributed by atoms with Crippen LogP contribution in [0.4, 0.5) is 0 Å². The number of carbonyl (C=O) groups excluding carboxylic acids is 1. The van der Waals surface area contributed by atoms with Crippen LogP contribution in [0.3, 0.4) is 0 Å². The Bertz CT molecular complexity index is 1200. The minimum Gasteiger partial charge on any atom is -0.485 e. The van der Waals surface area contributed by atoms with Gasteiger partial charge in [0.1, 0.15) is 18.1 Å². The van der Waals surface area contributed by atoms with Crippen LogP contribution in [0.2, 0.25) is 0 Å². The lowest BCUT2D eigenvalue weighted by Crippen LogP contribution is -2.30. The van der Waals surface area contributed by atoms with E-state index in [1.54, 1.807) is 50.2 Å². The highest BCUT2D eigenvalue weighted by atomic mass is 32.2. The summed E-state index contributed by atoms with van der Waals surface area (Å²) >= 11 is 0. The summed E-state index contributed by atoms with van der Waals surface area (Å²) < 4.78 is 38.0. The van der Waals surface area contributed by atoms with Gasteiger partial charge in [0.25, 0.3) is 5.91 Å². The molecule has 176 valence electrons. The standard InChI is InChI=1S/C25H30N2O5S/c1-5-27(6-2)33(29,30)22-11-8-20(9-12-22)16-26-25(28)24-14-10-21(32-24)17-31-23-13-7-18(3)15-19(23)4/h7-15H,5-6,16-17H2,1-4H3,(H,26,28). The number of aryl methyl sites for hydroxylation is 2. The fraction of sp³-hybridized carbons (Fsp3) is 0.320. The van der Waals surface area contributed by atoms with Crippen LogP contribution in [0.1, 0.15) is 46.9 Å². The van der Waals surface area contributed by atoms with E-state index < -0.39 is 10.0 Å². The number of benzene rings is 2. The quantitative estimate of drug-likeness (QED) is 0.473. The second-order valence-corrected chi connectivity index (χ2v) is 9.68. The Labute approximate surface area is 195 Å². The molecule has 1 amide bonds. The van der Waals surface area contributed by atoms with Gasteiger partial charge in [0, 0.05) is 19.6 Å². The van der Waals surface area contributed by atoms with Crippen molar-refractivity contribution in [1.29, 1.82) is 0 Å². The highest BCUT2D eigenvalue weighted by molar-refractivity contribution is 7.89. The number of rotatable bonds is 10. The van der Waals surface area contributed by atoms with Gasteiger partial charge in [0.15, 0.2) is 5.76 Å². The van der Waals surface area contributed by atoms with Gasteiger partial charge in [0.05, 0.1) is 4.90 Å². The topological polar surface area (TPSA) is 88.9 Å². The molecule has 3 rings (SSSR count). The van der Waals surface area contributed by atoms with Crippen molar-refractivity contribution in [3.63, 3.8) is 0 Å². The van der Waals surface area contributed by atoms with Crippen LogP contribution in [0.15, 0.2) is 63.9 Å². The van der Waals surface area contributed by atoms with Gasteiger partial charge in [-0.25, -0.2) is 8.42 Å². The monoisotopic (exact) mass is 470 g/mol. The molecule has 0 aliphatic rings. The van der Waals surface area contributed by atoms with Gasteiger partial charge >= 0.3 is 0 Å². The molecule has 0 spiro atoms. The van der Waals surface area contributed by atoms with E-state index in [1.807, 2.05) is 32.0 Å². The van der Waals surface area contributed by atoms with Gasteiger partial charge in [-0.2, -0.15) is 4.31 Å². The van der Waals surface area contributed by atoms with E-state index in [4.69, 9.17) is 9.15 Å². The molecule has 0 unspecified atom stereocenters. The minimum absolute atomic E-state index is 0.190. The highest BCUT2D eigenvalue weighted by Crippen LogP contribution is 2.21. The van der Waals surface area contributed by atoms with Crippen LogP contribution in [-0.2, 0) is 23.2 Å². The van der Waals surface area contributed by atoms with Gasteiger partial charge in [-0.15, -0.1) is 0 Å². The second-order valence-electron chi connectivity index (χ2n) is 7.74. The number of nitrogens with zero attached hydrogens (tertiary/aromatic N) is 1. The number of hydrogen-bond donors (Lipinski definition) is 1. The van der Waals surface area contributed by atoms with Crippen molar-refractivity contribution in [3.8, 4) is 5.75 Å². The van der Waals surface area contributed by atoms with E-state index in [-0.39, 0.29) is 29.7 Å². The van der Waals surface area contributed by atoms with E-state index in [0.29, 0.717) is 18.8 Å². The number of furan rings is 1. The summed E-state index contributed by atoms with van der Waals surface area (Å²) in [6, 6.07) is 15.8. The second kappa shape index (κ2) is 10.7. The molecule has 0 atom stereocenters. The molecule has 0 bridgehead atoms. The van der Waals surface area contributed by atoms with Crippen LogP contribution in [0.25, 0.3) is 0 Å². The predicted molar refractivity (Wildman–Crippen MR) is 127 cm³/mol. The first-order valence-corrected chi connectivity index (χ1v) is 12.3. The SMILES string of the molecule is CCN(CC)S(=O)(=O)c1ccc(CNC(=O)c2ccc(COc3ccc(C)cc3C)o2)cc1. The van der Waals surface area contributed by atoms with E-state index in [0.717, 1.165) is 22.4 Å². The number of sulfonamides is 1. The Morgan fingerprint density at radius 2 is 1.70 bits per heavy atom. The average Bonchev–Trinajstić information content (AvgIpc) is 3.27. The molecule has 0 radical (unpaired) electrons. The summed E-state index contributed by atoms with van der Waals surface area (Å²) in [5, 5.41) is 2.79. The van der Waals surface area contributed by atoms with Crippen LogP contribution in [0.5, 0.6) is 5.75 Å². The number of nitrogens with one attached hydrogen (secondary N) is 1. The van der Waals surface area contributed by atoms with Crippen LogP contribution in [-0.4, -0.2) is 31.7 Å². The maximum atomic E-state index is 12.6. The van der Waals surface area contributed by atoms with Crippen LogP contribution < -0.4 is 10.1 Å². The Morgan fingerprint density at radius 1 is 1.00 bits per heavy atom. The number of amides is 1. The summed E-state index contributed by atoms with van der Waals surface area (Å²) in [6.07, 6.45) is 0. The molecule has 0 aliphatic heterocycles. The average molecular weight is 471 g/mol. The fourth-order valence-electron chi connectivity index (χ4n) is 3.45. The first kappa shape index (κ1) is 24.5. The molecule has 2 aromatic carbocycles. The third-order valence-corrected chi connectivity index (χ3v) is 7.37. The molecule has 3 aromatic rings. The van der Waals surface area contributed by atoms with Crippen molar-refractivity contribution in [2.24, 2.45) is 0 Å². The van der Waals surface area contributed by atoms with E-state index >= 15 is 0 Å². The summed E-state index contributed by atoms with van der Waals surface area (Å²) in [5.74, 6) is 1.16. The first-order chi connectivity index (χ1) is 15.7. The zero-order valence-electron chi connectivity index (χ0n) is 19.4. The molecule has 0 fully saturated rings. The maximum Gasteiger partial charge on any atom is 0.287 e. The number of carbonyl (C=O) groups is 1. The van der Waals surface area contributed by atoms with Gasteiger partial charge < -0.3 is 14.5 Å². The number of hydrogen-bond acceptors (Lipinski definition) is 5. The molecule has 33 heavy (non-hydrogen) atoms. The molecular weight excluding hydrogens is 440 g/mol. The van der Waals surface area contributed by atoms with Crippen molar-refractivity contribution in [2.75, 3.05) is 13.1 Å². The zero-order valence-corrected chi connectivity index (χ0v) is 20.2. The lowest BCUT2D eigenvalue weighted by Gasteiger charge is -2.18. The Morgan fingerprint density at radius 3 is 2.33 bits per heavy atom. The minimum atomic E-state index is -3.50. The fourth-order valence-corrected chi connectivity index (χ4v) is 4.91. The molecule has 8 heteroatoms. The molecule has 0 saturated carbocycles. The third-order valence-electron chi connectivity index (χ3n) is 5.31. The van der Waals surface area contributed by atoms with Crippen molar-refractivity contribution < 1.29 is 22.4 Å².